The summed E-state index contributed by atoms with van der Waals surface area (Å²) in [6.07, 6.45) is 1.57. The first-order valence-corrected chi connectivity index (χ1v) is 13.9. The van der Waals surface area contributed by atoms with Crippen LogP contribution in [0, 0.1) is 5.92 Å². The number of hydrogen-bond acceptors (Lipinski definition) is 5. The number of hydrogen-bond donors (Lipinski definition) is 0. The Labute approximate surface area is 220 Å². The molecule has 0 unspecified atom stereocenters. The number of thiazole rings is 1. The second-order valence-corrected chi connectivity index (χ2v) is 12.1. The lowest BCUT2D eigenvalue weighted by Gasteiger charge is -2.27. The first-order valence-electron chi connectivity index (χ1n) is 13.0. The Bertz CT molecular complexity index is 1110. The molecule has 4 rings (SSSR count). The fourth-order valence-corrected chi connectivity index (χ4v) is 6.29. The van der Waals surface area contributed by atoms with Crippen LogP contribution < -0.4 is 0 Å². The minimum atomic E-state index is -4.84. The highest BCUT2D eigenvalue weighted by atomic mass is 32.1. The maximum atomic E-state index is 12.9. The molecule has 1 aromatic heterocycles. The fraction of sp³-hybridized carbons (Fsp3) is 0.607. The summed E-state index contributed by atoms with van der Waals surface area (Å²) in [4.78, 5) is 29.5. The zero-order chi connectivity index (χ0) is 26.8. The van der Waals surface area contributed by atoms with Crippen LogP contribution in [0.4, 0.5) is 13.2 Å². The van der Waals surface area contributed by atoms with Crippen LogP contribution in [0.15, 0.2) is 23.6 Å². The Morgan fingerprint density at radius 3 is 2.38 bits per heavy atom. The molecule has 2 aromatic rings. The standard InChI is InChI=1S/C28H35F3N2O3S/c1-27(2,3)36-24(34)11-6-18-4-7-20(8-5-18)25-32-23(17-37-25)22-10-9-19-12-14-33(15-13-21(19)16-22)26(35)28(29,30)31/h9-10,16-18,20H,4-8,11-15H2,1-3H3. The molecule has 1 saturated carbocycles. The molecule has 5 nitrogen and oxygen atoms in total. The lowest BCUT2D eigenvalue weighted by Crippen LogP contribution is -2.42. The molecule has 1 fully saturated rings. The van der Waals surface area contributed by atoms with E-state index in [2.05, 4.69) is 5.38 Å². The van der Waals surface area contributed by atoms with Crippen LogP contribution in [0.5, 0.6) is 0 Å². The van der Waals surface area contributed by atoms with Crippen molar-refractivity contribution in [1.82, 2.24) is 9.88 Å². The van der Waals surface area contributed by atoms with Crippen molar-refractivity contribution >= 4 is 23.2 Å². The van der Waals surface area contributed by atoms with Crippen molar-refractivity contribution in [2.45, 2.75) is 89.8 Å². The molecule has 0 spiro atoms. The van der Waals surface area contributed by atoms with Crippen molar-refractivity contribution in [3.8, 4) is 11.3 Å². The van der Waals surface area contributed by atoms with Gasteiger partial charge in [-0.2, -0.15) is 13.2 Å². The minimum Gasteiger partial charge on any atom is -0.460 e. The van der Waals surface area contributed by atoms with Gasteiger partial charge in [-0.1, -0.05) is 12.1 Å². The van der Waals surface area contributed by atoms with Crippen molar-refractivity contribution in [3.63, 3.8) is 0 Å². The summed E-state index contributed by atoms with van der Waals surface area (Å²) >= 11 is 1.66. The lowest BCUT2D eigenvalue weighted by atomic mass is 9.80. The number of amides is 1. The number of halogens is 3. The molecule has 1 aliphatic carbocycles. The van der Waals surface area contributed by atoms with E-state index in [1.54, 1.807) is 11.3 Å². The van der Waals surface area contributed by atoms with Gasteiger partial charge in [-0.3, -0.25) is 9.59 Å². The van der Waals surface area contributed by atoms with Gasteiger partial charge in [0.2, 0.25) is 0 Å². The van der Waals surface area contributed by atoms with Gasteiger partial charge in [-0.05, 0) is 88.8 Å². The highest BCUT2D eigenvalue weighted by molar-refractivity contribution is 7.10. The number of aromatic nitrogens is 1. The molecule has 1 aromatic carbocycles. The molecular formula is C28H35F3N2O3S. The topological polar surface area (TPSA) is 59.5 Å². The first kappa shape index (κ1) is 27.6. The van der Waals surface area contributed by atoms with E-state index in [9.17, 15) is 22.8 Å². The number of ether oxygens (including phenoxy) is 1. The van der Waals surface area contributed by atoms with E-state index in [1.165, 1.54) is 0 Å². The normalized spacial score (nSPS) is 20.8. The summed E-state index contributed by atoms with van der Waals surface area (Å²) in [6.45, 7) is 5.80. The van der Waals surface area contributed by atoms with Crippen LogP contribution in [0.2, 0.25) is 0 Å². The van der Waals surface area contributed by atoms with Crippen molar-refractivity contribution in [2.75, 3.05) is 13.1 Å². The maximum Gasteiger partial charge on any atom is 0.471 e. The number of carbonyl (C=O) groups is 2. The van der Waals surface area contributed by atoms with Gasteiger partial charge in [0.15, 0.2) is 0 Å². The van der Waals surface area contributed by atoms with Gasteiger partial charge in [0.05, 0.1) is 10.7 Å². The largest absolute Gasteiger partial charge is 0.471 e. The van der Waals surface area contributed by atoms with Crippen LogP contribution in [0.3, 0.4) is 0 Å². The summed E-state index contributed by atoms with van der Waals surface area (Å²) in [5, 5.41) is 3.18. The van der Waals surface area contributed by atoms with Gasteiger partial charge < -0.3 is 9.64 Å². The predicted molar refractivity (Wildman–Crippen MR) is 137 cm³/mol. The second-order valence-electron chi connectivity index (χ2n) is 11.2. The molecule has 0 saturated heterocycles. The van der Waals surface area contributed by atoms with E-state index in [0.717, 1.165) is 64.4 Å². The molecular weight excluding hydrogens is 501 g/mol. The number of benzene rings is 1. The van der Waals surface area contributed by atoms with Crippen LogP contribution in [-0.4, -0.2) is 46.6 Å². The molecule has 1 amide bonds. The number of esters is 1. The van der Waals surface area contributed by atoms with E-state index in [1.807, 2.05) is 39.0 Å². The third-order valence-corrected chi connectivity index (χ3v) is 8.24. The predicted octanol–water partition coefficient (Wildman–Crippen LogP) is 6.70. The van der Waals surface area contributed by atoms with Gasteiger partial charge in [-0.15, -0.1) is 11.3 Å². The molecule has 9 heteroatoms. The van der Waals surface area contributed by atoms with Gasteiger partial charge in [0.1, 0.15) is 5.60 Å². The van der Waals surface area contributed by atoms with E-state index in [4.69, 9.17) is 9.72 Å². The third-order valence-electron chi connectivity index (χ3n) is 7.23. The summed E-state index contributed by atoms with van der Waals surface area (Å²) in [5.74, 6) is -0.931. The number of rotatable bonds is 5. The Morgan fingerprint density at radius 1 is 1.05 bits per heavy atom. The van der Waals surface area contributed by atoms with E-state index >= 15 is 0 Å². The number of nitrogens with zero attached hydrogens (tertiary/aromatic N) is 2. The van der Waals surface area contributed by atoms with Crippen LogP contribution in [0.25, 0.3) is 11.3 Å². The van der Waals surface area contributed by atoms with Gasteiger partial charge >= 0.3 is 18.1 Å². The van der Waals surface area contributed by atoms with Crippen molar-refractivity contribution < 1.29 is 27.5 Å². The average Bonchev–Trinajstić information content (AvgIpc) is 3.22. The maximum absolute atomic E-state index is 12.9. The zero-order valence-electron chi connectivity index (χ0n) is 21.7. The first-order chi connectivity index (χ1) is 17.4. The minimum absolute atomic E-state index is 0.0638. The molecule has 0 N–H and O–H groups in total. The van der Waals surface area contributed by atoms with Crippen LogP contribution >= 0.6 is 11.3 Å². The van der Waals surface area contributed by atoms with Gasteiger partial charge in [0, 0.05) is 36.4 Å². The number of alkyl halides is 3. The fourth-order valence-electron chi connectivity index (χ4n) is 5.29. The summed E-state index contributed by atoms with van der Waals surface area (Å²) in [6, 6.07) is 5.96. The summed E-state index contributed by atoms with van der Waals surface area (Å²) < 4.78 is 44.0. The molecule has 0 bridgehead atoms. The molecule has 1 aliphatic heterocycles. The third kappa shape index (κ3) is 7.33. The Balaban J connectivity index is 1.32. The highest BCUT2D eigenvalue weighted by Gasteiger charge is 2.42. The van der Waals surface area contributed by atoms with Crippen molar-refractivity contribution in [2.24, 2.45) is 5.92 Å². The SMILES string of the molecule is CC(C)(C)OC(=O)CCC1CCC(c2nc(-c3ccc4c(c3)CCN(C(=O)C(F)(F)F)CC4)cs2)CC1. The number of carbonyl (C=O) groups excluding carboxylic acids is 2. The van der Waals surface area contributed by atoms with Crippen molar-refractivity contribution in [3.05, 3.63) is 39.7 Å². The van der Waals surface area contributed by atoms with E-state index in [0.29, 0.717) is 31.1 Å². The summed E-state index contributed by atoms with van der Waals surface area (Å²) in [7, 11) is 0. The Kier molecular flexibility index (Phi) is 8.31. The zero-order valence-corrected chi connectivity index (χ0v) is 22.5. The molecule has 2 heterocycles. The van der Waals surface area contributed by atoms with Crippen molar-refractivity contribution in [1.29, 1.82) is 0 Å². The van der Waals surface area contributed by atoms with Crippen LogP contribution in [-0.2, 0) is 27.2 Å². The van der Waals surface area contributed by atoms with Gasteiger partial charge in [-0.25, -0.2) is 4.98 Å². The molecule has 0 radical (unpaired) electrons. The van der Waals surface area contributed by atoms with E-state index in [-0.39, 0.29) is 19.1 Å². The Morgan fingerprint density at radius 2 is 1.73 bits per heavy atom. The summed E-state index contributed by atoms with van der Waals surface area (Å²) in [5.41, 5.74) is 3.38. The molecule has 0 atom stereocenters. The van der Waals surface area contributed by atoms with Gasteiger partial charge in [0.25, 0.3) is 0 Å². The molecule has 2 aliphatic rings. The second kappa shape index (κ2) is 11.1. The smallest absolute Gasteiger partial charge is 0.460 e. The molecule has 37 heavy (non-hydrogen) atoms. The quantitative estimate of drug-likeness (QED) is 0.399. The highest BCUT2D eigenvalue weighted by Crippen LogP contribution is 2.40. The Hall–Kier alpha value is -2.42. The molecule has 202 valence electrons. The average molecular weight is 537 g/mol. The van der Waals surface area contributed by atoms with E-state index < -0.39 is 17.7 Å². The monoisotopic (exact) mass is 536 g/mol. The number of fused-ring (bicyclic) bond motifs is 1. The lowest BCUT2D eigenvalue weighted by molar-refractivity contribution is -0.185. The van der Waals surface area contributed by atoms with Crippen LogP contribution in [0.1, 0.15) is 81.3 Å².